The van der Waals surface area contributed by atoms with E-state index in [1.165, 1.54) is 51.1 Å². The summed E-state index contributed by atoms with van der Waals surface area (Å²) in [6, 6.07) is 12.8. The number of carbonyl (C=O) groups excluding carboxylic acids is 1. The Labute approximate surface area is 290 Å². The maximum absolute atomic E-state index is 14.7. The quantitative estimate of drug-likeness (QED) is 0.145. The van der Waals surface area contributed by atoms with Crippen molar-refractivity contribution in [2.45, 2.75) is 37.8 Å². The molecule has 0 fully saturated rings. The summed E-state index contributed by atoms with van der Waals surface area (Å²) < 4.78 is 70.9. The van der Waals surface area contributed by atoms with Gasteiger partial charge in [0.2, 0.25) is 5.13 Å². The average molecular weight is 727 g/mol. The van der Waals surface area contributed by atoms with E-state index in [1.54, 1.807) is 39.0 Å². The number of hydrogen-bond donors (Lipinski definition) is 0. The fraction of sp³-hybridized carbons (Fsp3) is 0.219. The molecular weight excluding hydrogens is 699 g/mol. The Bertz CT molecular complexity index is 2160. The molecule has 0 radical (unpaired) electrons. The molecule has 254 valence electrons. The maximum Gasteiger partial charge on any atom is 0.435 e. The van der Waals surface area contributed by atoms with Crippen LogP contribution in [0.1, 0.15) is 31.9 Å². The van der Waals surface area contributed by atoms with Crippen molar-refractivity contribution in [3.8, 4) is 40.2 Å². The number of aromatic nitrogens is 4. The van der Waals surface area contributed by atoms with Gasteiger partial charge in [-0.25, -0.2) is 26.9 Å². The molecule has 0 saturated carbocycles. The van der Waals surface area contributed by atoms with E-state index in [0.717, 1.165) is 32.7 Å². The van der Waals surface area contributed by atoms with Crippen molar-refractivity contribution in [2.24, 2.45) is 0 Å². The first kappa shape index (κ1) is 35.1. The number of hydrogen-bond acceptors (Lipinski definition) is 12. The molecule has 0 amide bonds. The number of rotatable bonds is 10. The molecule has 5 aromatic rings. The minimum atomic E-state index is -4.35. The van der Waals surface area contributed by atoms with Crippen LogP contribution in [-0.4, -0.2) is 53.5 Å². The van der Waals surface area contributed by atoms with Gasteiger partial charge in [-0.1, -0.05) is 11.6 Å². The lowest BCUT2D eigenvalue weighted by molar-refractivity contribution is 0.0514. The topological polar surface area (TPSA) is 159 Å². The number of anilines is 1. The van der Waals surface area contributed by atoms with Gasteiger partial charge in [0.05, 0.1) is 42.4 Å². The second kappa shape index (κ2) is 14.1. The highest BCUT2D eigenvalue weighted by Gasteiger charge is 2.30. The monoisotopic (exact) mass is 726 g/mol. The highest BCUT2D eigenvalue weighted by Crippen LogP contribution is 2.39. The van der Waals surface area contributed by atoms with Gasteiger partial charge >= 0.3 is 6.09 Å². The van der Waals surface area contributed by atoms with E-state index in [1.807, 2.05) is 6.07 Å². The lowest BCUT2D eigenvalue weighted by Gasteiger charge is -2.23. The van der Waals surface area contributed by atoms with E-state index in [4.69, 9.17) is 30.5 Å². The van der Waals surface area contributed by atoms with E-state index in [2.05, 4.69) is 14.5 Å². The molecule has 5 rings (SSSR count). The molecule has 0 unspecified atom stereocenters. The molecular formula is C32H28ClFN6O7S2. The van der Waals surface area contributed by atoms with E-state index in [0.29, 0.717) is 22.6 Å². The Morgan fingerprint density at radius 3 is 2.51 bits per heavy atom. The fourth-order valence-electron chi connectivity index (χ4n) is 4.47. The third kappa shape index (κ3) is 7.75. The molecule has 49 heavy (non-hydrogen) atoms. The Hall–Kier alpha value is -5.24. The molecule has 17 heteroatoms. The van der Waals surface area contributed by atoms with Crippen LogP contribution < -0.4 is 18.5 Å². The molecule has 13 nitrogen and oxygen atoms in total. The first-order valence-electron chi connectivity index (χ1n) is 14.2. The van der Waals surface area contributed by atoms with Crippen LogP contribution in [0.15, 0.2) is 72.1 Å². The third-order valence-electron chi connectivity index (χ3n) is 6.75. The van der Waals surface area contributed by atoms with Crippen LogP contribution in [0.4, 0.5) is 14.3 Å². The van der Waals surface area contributed by atoms with Crippen molar-refractivity contribution in [3.63, 3.8) is 0 Å². The number of benzene rings is 3. The molecule has 3 aromatic carbocycles. The summed E-state index contributed by atoms with van der Waals surface area (Å²) in [7, 11) is -1.40. The molecule has 2 heterocycles. The van der Waals surface area contributed by atoms with Crippen molar-refractivity contribution < 1.29 is 36.6 Å². The number of nitriles is 1. The first-order valence-corrected chi connectivity index (χ1v) is 16.8. The number of halogens is 2. The number of sulfonamides is 1. The zero-order valence-electron chi connectivity index (χ0n) is 26.7. The minimum absolute atomic E-state index is 0.0740. The minimum Gasteiger partial charge on any atom is -0.497 e. The molecule has 2 aromatic heterocycles. The number of ether oxygens (including phenoxy) is 4. The fourth-order valence-corrected chi connectivity index (χ4v) is 6.79. The van der Waals surface area contributed by atoms with E-state index >= 15 is 0 Å². The van der Waals surface area contributed by atoms with Crippen molar-refractivity contribution in [1.82, 2.24) is 19.1 Å². The van der Waals surface area contributed by atoms with E-state index in [9.17, 15) is 22.9 Å². The van der Waals surface area contributed by atoms with Gasteiger partial charge in [0.25, 0.3) is 10.0 Å². The SMILES string of the molecule is COc1ccc(CN(c2ncns2)S(=O)(=O)c2ccc(Oc3cc(F)c(Cl)cc3-c3cnn(C(=O)OC(C)(C)C)c3)c(C#N)c2)c(OC)c1. The van der Waals surface area contributed by atoms with Crippen molar-refractivity contribution in [1.29, 1.82) is 5.26 Å². The third-order valence-corrected chi connectivity index (χ3v) is 9.57. The average Bonchev–Trinajstić information content (AvgIpc) is 3.78. The number of carbonyl (C=O) groups is 1. The van der Waals surface area contributed by atoms with Crippen LogP contribution in [0.2, 0.25) is 5.02 Å². The van der Waals surface area contributed by atoms with E-state index in [-0.39, 0.29) is 44.2 Å². The van der Waals surface area contributed by atoms with Gasteiger partial charge in [0.1, 0.15) is 46.8 Å². The molecule has 0 N–H and O–H groups in total. The Balaban J connectivity index is 1.50. The lowest BCUT2D eigenvalue weighted by atomic mass is 10.1. The summed E-state index contributed by atoms with van der Waals surface area (Å²) in [5, 5.41) is 13.9. The molecule has 0 atom stereocenters. The molecule has 0 saturated heterocycles. The first-order chi connectivity index (χ1) is 23.2. The van der Waals surface area contributed by atoms with Crippen molar-refractivity contribution >= 4 is 44.4 Å². The second-order valence-corrected chi connectivity index (χ2v) is 14.2. The van der Waals surface area contributed by atoms with Crippen molar-refractivity contribution in [3.05, 3.63) is 89.2 Å². The summed E-state index contributed by atoms with van der Waals surface area (Å²) in [5.74, 6) is -0.0867. The van der Waals surface area contributed by atoms with Gasteiger partial charge in [0.15, 0.2) is 0 Å². The van der Waals surface area contributed by atoms with E-state index < -0.39 is 27.5 Å². The lowest BCUT2D eigenvalue weighted by Crippen LogP contribution is -2.30. The van der Waals surface area contributed by atoms with Crippen LogP contribution in [0.25, 0.3) is 11.1 Å². The Kier molecular flexibility index (Phi) is 10.1. The van der Waals surface area contributed by atoms with Gasteiger partial charge in [-0.15, -0.1) is 0 Å². The summed E-state index contributed by atoms with van der Waals surface area (Å²) >= 11 is 6.96. The Morgan fingerprint density at radius 1 is 1.08 bits per heavy atom. The number of methoxy groups -OCH3 is 2. The summed E-state index contributed by atoms with van der Waals surface area (Å²) in [5.41, 5.74) is 0.112. The van der Waals surface area contributed by atoms with Gasteiger partial charge in [0, 0.05) is 46.6 Å². The summed E-state index contributed by atoms with van der Waals surface area (Å²) in [4.78, 5) is 16.4. The highest BCUT2D eigenvalue weighted by molar-refractivity contribution is 7.93. The van der Waals surface area contributed by atoms with Crippen LogP contribution in [0.5, 0.6) is 23.0 Å². The standard InChI is InChI=1S/C32H28ClFN6O7S2/c1-32(2,3)47-31(41)39-16-21(15-37-39)24-12-25(33)26(34)13-29(24)46-27-9-8-23(10-20(27)14-35)49(42,43)40(30-36-18-38-48-30)17-19-6-7-22(44-4)11-28(19)45-5/h6-13,15-16,18H,17H2,1-5H3. The largest absolute Gasteiger partial charge is 0.497 e. The van der Waals surface area contributed by atoms with Crippen LogP contribution in [-0.2, 0) is 21.3 Å². The Morgan fingerprint density at radius 2 is 1.86 bits per heavy atom. The van der Waals surface area contributed by atoms with Gasteiger partial charge < -0.3 is 18.9 Å². The van der Waals surface area contributed by atoms with Gasteiger partial charge in [-0.05, 0) is 57.2 Å². The van der Waals surface area contributed by atoms with Gasteiger partial charge in [-0.2, -0.15) is 19.4 Å². The predicted molar refractivity (Wildman–Crippen MR) is 178 cm³/mol. The molecule has 0 bridgehead atoms. The predicted octanol–water partition coefficient (Wildman–Crippen LogP) is 7.05. The molecule has 0 aliphatic heterocycles. The van der Waals surface area contributed by atoms with Gasteiger partial charge in [-0.3, -0.25) is 0 Å². The van der Waals surface area contributed by atoms with Crippen molar-refractivity contribution in [2.75, 3.05) is 18.5 Å². The summed E-state index contributed by atoms with van der Waals surface area (Å²) in [6.07, 6.45) is 3.17. The second-order valence-electron chi connectivity index (χ2n) is 11.2. The van der Waals surface area contributed by atoms with Crippen LogP contribution in [0, 0.1) is 17.1 Å². The normalized spacial score (nSPS) is 11.5. The molecule has 0 aliphatic rings. The zero-order valence-corrected chi connectivity index (χ0v) is 29.1. The maximum atomic E-state index is 14.7. The zero-order chi connectivity index (χ0) is 35.5. The van der Waals surface area contributed by atoms with Crippen LogP contribution in [0.3, 0.4) is 0 Å². The summed E-state index contributed by atoms with van der Waals surface area (Å²) in [6.45, 7) is 4.93. The molecule has 0 aliphatic carbocycles. The van der Waals surface area contributed by atoms with Crippen LogP contribution >= 0.6 is 23.1 Å². The number of nitrogens with zero attached hydrogens (tertiary/aromatic N) is 6. The molecule has 0 spiro atoms. The highest BCUT2D eigenvalue weighted by atomic mass is 35.5. The smallest absolute Gasteiger partial charge is 0.435 e.